The van der Waals surface area contributed by atoms with E-state index < -0.39 is 0 Å². The van der Waals surface area contributed by atoms with Gasteiger partial charge in [-0.3, -0.25) is 9.59 Å². The number of carbonyl (C=O) groups is 2. The number of hydrogen-bond donors (Lipinski definition) is 0. The van der Waals surface area contributed by atoms with Gasteiger partial charge >= 0.3 is 11.8 Å². The molecular weight excluding hydrogens is 356 g/mol. The Morgan fingerprint density at radius 1 is 0.786 bits per heavy atom. The van der Waals surface area contributed by atoms with Crippen molar-refractivity contribution >= 4 is 11.8 Å². The average molecular weight is 376 g/mol. The number of nitrogens with zero attached hydrogens (tertiary/aromatic N) is 4. The van der Waals surface area contributed by atoms with Crippen LogP contribution in [0.15, 0.2) is 59.0 Å². The molecule has 1 aliphatic rings. The molecule has 0 N–H and O–H groups in total. The normalized spacial score (nSPS) is 14.2. The van der Waals surface area contributed by atoms with Gasteiger partial charge in [0.05, 0.1) is 0 Å². The van der Waals surface area contributed by atoms with Gasteiger partial charge in [-0.05, 0) is 23.3 Å². The molecule has 4 rings (SSSR count). The van der Waals surface area contributed by atoms with Gasteiger partial charge in [0.25, 0.3) is 5.91 Å². The van der Waals surface area contributed by atoms with E-state index in [2.05, 4.69) is 10.2 Å². The van der Waals surface area contributed by atoms with Gasteiger partial charge in [-0.1, -0.05) is 42.5 Å². The summed E-state index contributed by atoms with van der Waals surface area (Å²) < 4.78 is 5.20. The number of amides is 2. The molecule has 7 nitrogen and oxygen atoms in total. The molecule has 0 saturated carbocycles. The third-order valence-corrected chi connectivity index (χ3v) is 4.80. The highest BCUT2D eigenvalue weighted by atomic mass is 16.4. The highest BCUT2D eigenvalue weighted by Gasteiger charge is 2.28. The number of rotatable bonds is 3. The Labute approximate surface area is 162 Å². The maximum atomic E-state index is 12.8. The van der Waals surface area contributed by atoms with E-state index >= 15 is 0 Å². The van der Waals surface area contributed by atoms with E-state index in [0.29, 0.717) is 37.6 Å². The molecule has 28 heavy (non-hydrogen) atoms. The topological polar surface area (TPSA) is 79.5 Å². The highest BCUT2D eigenvalue weighted by Crippen LogP contribution is 2.20. The molecule has 1 saturated heterocycles. The van der Waals surface area contributed by atoms with Crippen LogP contribution in [0.1, 0.15) is 26.9 Å². The van der Waals surface area contributed by atoms with Crippen molar-refractivity contribution in [3.8, 4) is 11.1 Å². The third-order valence-electron chi connectivity index (χ3n) is 4.80. The lowest BCUT2D eigenvalue weighted by molar-refractivity contribution is 0.0512. The van der Waals surface area contributed by atoms with Gasteiger partial charge in [-0.15, -0.1) is 10.2 Å². The van der Waals surface area contributed by atoms with Crippen molar-refractivity contribution in [2.24, 2.45) is 0 Å². The lowest BCUT2D eigenvalue weighted by Crippen LogP contribution is -2.50. The summed E-state index contributed by atoms with van der Waals surface area (Å²) in [5, 5.41) is 7.45. The van der Waals surface area contributed by atoms with Gasteiger partial charge in [0.15, 0.2) is 0 Å². The van der Waals surface area contributed by atoms with Crippen LogP contribution >= 0.6 is 0 Å². The summed E-state index contributed by atoms with van der Waals surface area (Å²) in [6.07, 6.45) is 0. The summed E-state index contributed by atoms with van der Waals surface area (Å²) in [5.74, 6) is 0.0325. The first-order valence-electron chi connectivity index (χ1n) is 9.16. The van der Waals surface area contributed by atoms with Crippen LogP contribution in [-0.2, 0) is 0 Å². The lowest BCUT2D eigenvalue weighted by Gasteiger charge is -2.34. The van der Waals surface area contributed by atoms with Crippen LogP contribution in [0, 0.1) is 6.92 Å². The molecular formula is C21H20N4O3. The Kier molecular flexibility index (Phi) is 4.89. The molecule has 3 aromatic rings. The minimum atomic E-state index is -0.292. The van der Waals surface area contributed by atoms with E-state index in [0.717, 1.165) is 11.1 Å². The minimum absolute atomic E-state index is 0.00576. The molecule has 1 fully saturated rings. The number of piperazine rings is 1. The first-order chi connectivity index (χ1) is 13.6. The predicted molar refractivity (Wildman–Crippen MR) is 103 cm³/mol. The molecule has 2 aromatic carbocycles. The van der Waals surface area contributed by atoms with Crippen molar-refractivity contribution in [2.45, 2.75) is 6.92 Å². The van der Waals surface area contributed by atoms with Gasteiger partial charge in [0, 0.05) is 38.7 Å². The largest absolute Gasteiger partial charge is 0.417 e. The van der Waals surface area contributed by atoms with Crippen LogP contribution in [0.2, 0.25) is 0 Å². The monoisotopic (exact) mass is 376 g/mol. The highest BCUT2D eigenvalue weighted by molar-refractivity contribution is 5.95. The Morgan fingerprint density at radius 2 is 1.36 bits per heavy atom. The Bertz CT molecular complexity index is 974. The SMILES string of the molecule is Cc1nnc(C(=O)N2CCN(C(=O)c3ccc(-c4ccccc4)cc3)CC2)o1. The van der Waals surface area contributed by atoms with Crippen LogP contribution < -0.4 is 0 Å². The van der Waals surface area contributed by atoms with Gasteiger partial charge in [0.1, 0.15) is 0 Å². The summed E-state index contributed by atoms with van der Waals surface area (Å²) in [5.41, 5.74) is 2.83. The molecule has 7 heteroatoms. The quantitative estimate of drug-likeness (QED) is 0.702. The van der Waals surface area contributed by atoms with Crippen LogP contribution in [-0.4, -0.2) is 58.0 Å². The fraction of sp³-hybridized carbons (Fsp3) is 0.238. The molecule has 2 amide bonds. The number of aromatic nitrogens is 2. The van der Waals surface area contributed by atoms with E-state index in [1.54, 1.807) is 16.7 Å². The summed E-state index contributed by atoms with van der Waals surface area (Å²) in [6.45, 7) is 3.46. The molecule has 0 bridgehead atoms. The molecule has 0 unspecified atom stereocenters. The van der Waals surface area contributed by atoms with Crippen molar-refractivity contribution in [3.05, 3.63) is 71.9 Å². The van der Waals surface area contributed by atoms with Gasteiger partial charge in [0.2, 0.25) is 5.89 Å². The second-order valence-electron chi connectivity index (χ2n) is 6.65. The summed E-state index contributed by atoms with van der Waals surface area (Å²) in [7, 11) is 0. The van der Waals surface area contributed by atoms with Crippen molar-refractivity contribution in [1.29, 1.82) is 0 Å². The van der Waals surface area contributed by atoms with Gasteiger partial charge in [-0.2, -0.15) is 0 Å². The Balaban J connectivity index is 1.38. The smallest absolute Gasteiger partial charge is 0.311 e. The van der Waals surface area contributed by atoms with E-state index in [9.17, 15) is 9.59 Å². The number of hydrogen-bond acceptors (Lipinski definition) is 5. The summed E-state index contributed by atoms with van der Waals surface area (Å²) >= 11 is 0. The fourth-order valence-corrected chi connectivity index (χ4v) is 3.25. The Morgan fingerprint density at radius 3 is 1.93 bits per heavy atom. The summed E-state index contributed by atoms with van der Waals surface area (Å²) in [4.78, 5) is 28.5. The number of carbonyl (C=O) groups excluding carboxylic acids is 2. The molecule has 1 aliphatic heterocycles. The fourth-order valence-electron chi connectivity index (χ4n) is 3.25. The van der Waals surface area contributed by atoms with Crippen LogP contribution in [0.25, 0.3) is 11.1 Å². The van der Waals surface area contributed by atoms with Crippen molar-refractivity contribution < 1.29 is 14.0 Å². The van der Waals surface area contributed by atoms with Crippen molar-refractivity contribution in [2.75, 3.05) is 26.2 Å². The zero-order valence-electron chi connectivity index (χ0n) is 15.5. The molecule has 0 radical (unpaired) electrons. The number of aryl methyl sites for hydroxylation is 1. The van der Waals surface area contributed by atoms with Crippen LogP contribution in [0.4, 0.5) is 0 Å². The third kappa shape index (κ3) is 3.64. The first kappa shape index (κ1) is 17.9. The van der Waals surface area contributed by atoms with E-state index in [1.165, 1.54) is 0 Å². The van der Waals surface area contributed by atoms with Crippen LogP contribution in [0.5, 0.6) is 0 Å². The zero-order chi connectivity index (χ0) is 19.5. The first-order valence-corrected chi connectivity index (χ1v) is 9.16. The Hall–Kier alpha value is -3.48. The summed E-state index contributed by atoms with van der Waals surface area (Å²) in [6, 6.07) is 17.7. The molecule has 1 aromatic heterocycles. The zero-order valence-corrected chi connectivity index (χ0v) is 15.5. The maximum absolute atomic E-state index is 12.8. The second-order valence-corrected chi connectivity index (χ2v) is 6.65. The molecule has 0 spiro atoms. The second kappa shape index (κ2) is 7.64. The van der Waals surface area contributed by atoms with E-state index in [-0.39, 0.29) is 17.7 Å². The molecule has 0 aliphatic carbocycles. The van der Waals surface area contributed by atoms with Crippen molar-refractivity contribution in [3.63, 3.8) is 0 Å². The number of benzene rings is 2. The molecule has 2 heterocycles. The standard InChI is InChI=1S/C21H20N4O3/c1-15-22-23-19(28-15)21(27)25-13-11-24(12-14-25)20(26)18-9-7-17(8-10-18)16-5-3-2-4-6-16/h2-10H,11-14H2,1H3. The molecule has 142 valence electrons. The van der Waals surface area contributed by atoms with E-state index in [1.807, 2.05) is 54.6 Å². The predicted octanol–water partition coefficient (Wildman–Crippen LogP) is 2.64. The van der Waals surface area contributed by atoms with E-state index in [4.69, 9.17) is 4.42 Å². The van der Waals surface area contributed by atoms with Crippen molar-refractivity contribution in [1.82, 2.24) is 20.0 Å². The molecule has 0 atom stereocenters. The maximum Gasteiger partial charge on any atom is 0.311 e. The van der Waals surface area contributed by atoms with Crippen LogP contribution in [0.3, 0.4) is 0 Å². The van der Waals surface area contributed by atoms with Gasteiger partial charge < -0.3 is 14.2 Å². The lowest BCUT2D eigenvalue weighted by atomic mass is 10.0. The minimum Gasteiger partial charge on any atom is -0.417 e. The van der Waals surface area contributed by atoms with Gasteiger partial charge in [-0.25, -0.2) is 0 Å². The average Bonchev–Trinajstić information content (AvgIpc) is 3.20.